The number of aliphatic hydroxyl groups excluding tert-OH is 1. The summed E-state index contributed by atoms with van der Waals surface area (Å²) >= 11 is 3.56. The molecule has 0 unspecified atom stereocenters. The number of unbranched alkanes of at least 4 members (excludes halogenated alkanes) is 3. The number of halogens is 1. The number of allylic oxidation sites excluding steroid dienone is 1. The van der Waals surface area contributed by atoms with Crippen LogP contribution in [-0.2, 0) is 28.7 Å². The largest absolute Gasteiger partial charge is 0.460 e. The molecule has 4 heterocycles. The maximum Gasteiger partial charge on any atom is 0.313 e. The summed E-state index contributed by atoms with van der Waals surface area (Å²) in [5, 5.41) is 11.9. The van der Waals surface area contributed by atoms with E-state index in [9.17, 15) is 19.2 Å². The molecule has 1 spiro atoms. The molecule has 0 aromatic rings. The Bertz CT molecular complexity index is 1070. The molecule has 5 bridgehead atoms. The average Bonchev–Trinajstić information content (AvgIpc) is 3.46. The zero-order chi connectivity index (χ0) is 29.2. The van der Waals surface area contributed by atoms with Crippen molar-refractivity contribution >= 4 is 39.6 Å². The minimum Gasteiger partial charge on any atom is -0.460 e. The molecule has 6 atom stereocenters. The fourth-order valence-electron chi connectivity index (χ4n) is 6.27. The number of carbonyl (C=O) groups excluding carboxylic acids is 4. The second-order valence-electron chi connectivity index (χ2n) is 12.2. The summed E-state index contributed by atoms with van der Waals surface area (Å²) < 4.78 is 12.9. The minimum absolute atomic E-state index is 0.114. The number of ether oxygens (including phenoxy) is 2. The van der Waals surface area contributed by atoms with Gasteiger partial charge in [0, 0.05) is 36.1 Å². The Morgan fingerprint density at radius 1 is 1.10 bits per heavy atom. The molecule has 2 saturated heterocycles. The number of likely N-dealkylation sites (tertiary alicyclic amines) is 1. The van der Waals surface area contributed by atoms with Crippen LogP contribution < -0.4 is 5.32 Å². The lowest BCUT2D eigenvalue weighted by molar-refractivity contribution is -0.158. The molecule has 0 radical (unpaired) electrons. The van der Waals surface area contributed by atoms with Gasteiger partial charge in [0.05, 0.1) is 12.5 Å². The first-order chi connectivity index (χ1) is 18.9. The fraction of sp³-hybridized carbons (Fsp3) is 0.724. The predicted molar refractivity (Wildman–Crippen MR) is 151 cm³/mol. The van der Waals surface area contributed by atoms with Gasteiger partial charge >= 0.3 is 5.97 Å². The Balaban J connectivity index is 1.75. The summed E-state index contributed by atoms with van der Waals surface area (Å²) in [5.41, 5.74) is -1.87. The van der Waals surface area contributed by atoms with Crippen molar-refractivity contribution in [2.75, 3.05) is 26.2 Å². The molecular weight excluding hydrogens is 582 g/mol. The van der Waals surface area contributed by atoms with Gasteiger partial charge < -0.3 is 29.7 Å². The Morgan fingerprint density at radius 2 is 1.82 bits per heavy atom. The van der Waals surface area contributed by atoms with E-state index in [1.165, 1.54) is 0 Å². The van der Waals surface area contributed by atoms with Gasteiger partial charge in [0.15, 0.2) is 0 Å². The molecule has 2 fully saturated rings. The molecule has 4 rings (SSSR count). The number of esters is 1. The van der Waals surface area contributed by atoms with E-state index in [0.717, 1.165) is 12.8 Å². The van der Waals surface area contributed by atoms with E-state index in [4.69, 9.17) is 14.6 Å². The second kappa shape index (κ2) is 12.3. The van der Waals surface area contributed by atoms with Gasteiger partial charge in [-0.2, -0.15) is 0 Å². The quantitative estimate of drug-likeness (QED) is 0.264. The van der Waals surface area contributed by atoms with E-state index >= 15 is 0 Å². The SMILES string of the molecule is C[C@@H]1CNC(=O)CC/C=C\CN(C(C)(C)C)C(=O)[C@@H]2N(CCCCCCO)C(=O)[C@H]3[C@H](C(=O)O1)[C@H]1O[C@@]23C=C1Br. The van der Waals surface area contributed by atoms with Crippen LogP contribution in [-0.4, -0.2) is 94.2 Å². The van der Waals surface area contributed by atoms with Crippen LogP contribution in [0.2, 0.25) is 0 Å². The average molecular weight is 625 g/mol. The lowest BCUT2D eigenvalue weighted by Crippen LogP contribution is -2.59. The van der Waals surface area contributed by atoms with Crippen molar-refractivity contribution in [2.24, 2.45) is 11.8 Å². The highest BCUT2D eigenvalue weighted by Crippen LogP contribution is 2.59. The number of hydrogen-bond donors (Lipinski definition) is 2. The zero-order valence-corrected chi connectivity index (χ0v) is 25.4. The van der Waals surface area contributed by atoms with E-state index in [1.807, 2.05) is 39.0 Å². The van der Waals surface area contributed by atoms with Crippen molar-refractivity contribution in [1.82, 2.24) is 15.1 Å². The van der Waals surface area contributed by atoms with E-state index < -0.39 is 47.2 Å². The zero-order valence-electron chi connectivity index (χ0n) is 23.9. The van der Waals surface area contributed by atoms with Crippen LogP contribution in [0, 0.1) is 11.8 Å². The number of aliphatic hydroxyl groups is 1. The third-order valence-corrected chi connectivity index (χ3v) is 8.89. The molecule has 2 N–H and O–H groups in total. The number of fused-ring (bicyclic) bond motifs is 2. The highest BCUT2D eigenvalue weighted by molar-refractivity contribution is 9.11. The number of hydrogen-bond acceptors (Lipinski definition) is 7. The molecule has 10 nitrogen and oxygen atoms in total. The minimum atomic E-state index is -1.30. The number of nitrogens with one attached hydrogen (secondary N) is 1. The third kappa shape index (κ3) is 5.87. The first kappa shape index (κ1) is 30.7. The summed E-state index contributed by atoms with van der Waals surface area (Å²) in [4.78, 5) is 57.8. The number of carbonyl (C=O) groups is 4. The van der Waals surface area contributed by atoms with E-state index in [-0.39, 0.29) is 37.3 Å². The fourth-order valence-corrected chi connectivity index (χ4v) is 7.01. The Labute approximate surface area is 244 Å². The van der Waals surface area contributed by atoms with Crippen molar-refractivity contribution in [3.05, 3.63) is 22.7 Å². The van der Waals surface area contributed by atoms with Gasteiger partial charge in [-0.15, -0.1) is 0 Å². The lowest BCUT2D eigenvalue weighted by Gasteiger charge is -2.41. The summed E-state index contributed by atoms with van der Waals surface area (Å²) in [7, 11) is 0. The first-order valence-corrected chi connectivity index (χ1v) is 15.1. The highest BCUT2D eigenvalue weighted by atomic mass is 79.9. The molecule has 3 amide bonds. The number of cyclic esters (lactones) is 1. The standard InChI is InChI=1S/C29H42BrN3O7/c1-18-17-31-20(35)12-8-7-10-14-33(28(2,3)4)26(37)24-29-16-19(30)23(40-29)21(27(38)39-18)22(29)25(36)32(24)13-9-5-6-11-15-34/h7,10,16,18,21-24,34H,5-6,8-9,11-15,17H2,1-4H3,(H,31,35)/b10-7-/t18-,21+,22-,23+,24+,29-/m1/s1. The Morgan fingerprint density at radius 3 is 2.52 bits per heavy atom. The van der Waals surface area contributed by atoms with Crippen molar-refractivity contribution in [1.29, 1.82) is 0 Å². The number of amides is 3. The van der Waals surface area contributed by atoms with Crippen LogP contribution in [0.5, 0.6) is 0 Å². The monoisotopic (exact) mass is 623 g/mol. The molecule has 4 aliphatic rings. The van der Waals surface area contributed by atoms with Crippen LogP contribution in [0.1, 0.15) is 66.2 Å². The molecule has 11 heteroatoms. The maximum atomic E-state index is 14.5. The van der Waals surface area contributed by atoms with Gasteiger partial charge in [-0.1, -0.05) is 40.9 Å². The molecular formula is C29H42BrN3O7. The predicted octanol–water partition coefficient (Wildman–Crippen LogP) is 2.44. The van der Waals surface area contributed by atoms with Gasteiger partial charge in [-0.05, 0) is 53.0 Å². The summed E-state index contributed by atoms with van der Waals surface area (Å²) in [6.07, 6.45) is 7.99. The number of rotatable bonds is 6. The van der Waals surface area contributed by atoms with Crippen LogP contribution >= 0.6 is 15.9 Å². The van der Waals surface area contributed by atoms with Gasteiger partial charge in [0.25, 0.3) is 0 Å². The topological polar surface area (TPSA) is 125 Å². The van der Waals surface area contributed by atoms with Crippen LogP contribution in [0.15, 0.2) is 22.7 Å². The van der Waals surface area contributed by atoms with E-state index in [0.29, 0.717) is 36.8 Å². The second-order valence-corrected chi connectivity index (χ2v) is 13.1. The molecule has 4 aliphatic heterocycles. The van der Waals surface area contributed by atoms with Crippen molar-refractivity contribution in [3.63, 3.8) is 0 Å². The summed E-state index contributed by atoms with van der Waals surface area (Å²) in [6.45, 7) is 8.45. The maximum absolute atomic E-state index is 14.5. The molecule has 0 saturated carbocycles. The normalized spacial score (nSPS) is 34.0. The molecule has 40 heavy (non-hydrogen) atoms. The van der Waals surface area contributed by atoms with Crippen LogP contribution in [0.4, 0.5) is 0 Å². The smallest absolute Gasteiger partial charge is 0.313 e. The Kier molecular flexibility index (Phi) is 9.46. The molecule has 222 valence electrons. The Hall–Kier alpha value is -2.24. The van der Waals surface area contributed by atoms with Crippen LogP contribution in [0.25, 0.3) is 0 Å². The third-order valence-electron chi connectivity index (χ3n) is 8.21. The molecule has 0 aliphatic carbocycles. The van der Waals surface area contributed by atoms with Crippen LogP contribution in [0.3, 0.4) is 0 Å². The summed E-state index contributed by atoms with van der Waals surface area (Å²) in [5.74, 6) is -3.08. The van der Waals surface area contributed by atoms with Gasteiger partial charge in [-0.25, -0.2) is 0 Å². The van der Waals surface area contributed by atoms with Gasteiger partial charge in [-0.3, -0.25) is 19.2 Å². The number of nitrogens with zero attached hydrogens (tertiary/aromatic N) is 2. The van der Waals surface area contributed by atoms with E-state index in [2.05, 4.69) is 21.2 Å². The highest BCUT2D eigenvalue weighted by Gasteiger charge is 2.75. The van der Waals surface area contributed by atoms with Gasteiger partial charge in [0.2, 0.25) is 17.7 Å². The molecule has 0 aromatic carbocycles. The lowest BCUT2D eigenvalue weighted by atomic mass is 9.74. The van der Waals surface area contributed by atoms with Crippen molar-refractivity contribution < 1.29 is 33.8 Å². The summed E-state index contributed by atoms with van der Waals surface area (Å²) in [6, 6.07) is -0.942. The first-order valence-electron chi connectivity index (χ1n) is 14.3. The van der Waals surface area contributed by atoms with E-state index in [1.54, 1.807) is 16.7 Å². The van der Waals surface area contributed by atoms with Gasteiger partial charge in [0.1, 0.15) is 29.8 Å². The van der Waals surface area contributed by atoms with Crippen molar-refractivity contribution in [2.45, 2.75) is 95.6 Å². The van der Waals surface area contributed by atoms with Crippen molar-refractivity contribution in [3.8, 4) is 0 Å². The molecule has 0 aromatic heterocycles.